The number of urea groups is 1. The van der Waals surface area contributed by atoms with Gasteiger partial charge in [-0.15, -0.1) is 0 Å². The molecule has 3 rings (SSSR count). The number of likely N-dealkylation sites (tertiary alicyclic amines) is 1. The van der Waals surface area contributed by atoms with Crippen molar-refractivity contribution in [3.8, 4) is 11.4 Å². The highest BCUT2D eigenvalue weighted by Crippen LogP contribution is 2.31. The van der Waals surface area contributed by atoms with Crippen LogP contribution >= 0.6 is 0 Å². The Kier molecular flexibility index (Phi) is 5.39. The molecule has 1 aromatic carbocycles. The van der Waals surface area contributed by atoms with Crippen LogP contribution in [0.15, 0.2) is 34.9 Å². The van der Waals surface area contributed by atoms with Crippen LogP contribution in [0.4, 0.5) is 4.79 Å². The minimum absolute atomic E-state index is 0.0138. The molecule has 1 fully saturated rings. The molecule has 8 nitrogen and oxygen atoms in total. The molecule has 1 aliphatic rings. The van der Waals surface area contributed by atoms with Crippen molar-refractivity contribution in [3.63, 3.8) is 0 Å². The highest BCUT2D eigenvalue weighted by atomic mass is 16.5. The van der Waals surface area contributed by atoms with E-state index in [2.05, 4.69) is 20.4 Å². The molecule has 25 heavy (non-hydrogen) atoms. The minimum Gasteiger partial charge on any atom is -0.351 e. The second-order valence-electron chi connectivity index (χ2n) is 6.03. The molecule has 3 amide bonds. The van der Waals surface area contributed by atoms with Gasteiger partial charge in [-0.25, -0.2) is 4.79 Å². The first kappa shape index (κ1) is 17.1. The number of rotatable bonds is 5. The molecular formula is C17H21N5O3. The van der Waals surface area contributed by atoms with Crippen LogP contribution in [0, 0.1) is 0 Å². The quantitative estimate of drug-likeness (QED) is 0.856. The lowest BCUT2D eigenvalue weighted by Crippen LogP contribution is -2.39. The van der Waals surface area contributed by atoms with E-state index in [0.29, 0.717) is 18.3 Å². The Morgan fingerprint density at radius 1 is 1.28 bits per heavy atom. The van der Waals surface area contributed by atoms with Crippen molar-refractivity contribution in [2.75, 3.05) is 13.1 Å². The molecule has 132 valence electrons. The van der Waals surface area contributed by atoms with Crippen LogP contribution in [0.25, 0.3) is 11.4 Å². The molecule has 2 heterocycles. The Labute approximate surface area is 145 Å². The summed E-state index contributed by atoms with van der Waals surface area (Å²) < 4.78 is 5.48. The van der Waals surface area contributed by atoms with Crippen LogP contribution in [-0.2, 0) is 4.79 Å². The number of nitrogens with one attached hydrogen (secondary N) is 1. The van der Waals surface area contributed by atoms with E-state index < -0.39 is 6.03 Å². The Balaban J connectivity index is 1.68. The second-order valence-corrected chi connectivity index (χ2v) is 6.03. The third-order valence-electron chi connectivity index (χ3n) is 4.26. The fraction of sp³-hybridized carbons (Fsp3) is 0.412. The summed E-state index contributed by atoms with van der Waals surface area (Å²) in [6.45, 7) is 1.35. The average Bonchev–Trinajstić information content (AvgIpc) is 3.10. The van der Waals surface area contributed by atoms with Crippen molar-refractivity contribution >= 4 is 11.9 Å². The molecule has 0 saturated carbocycles. The van der Waals surface area contributed by atoms with E-state index in [0.717, 1.165) is 31.4 Å². The van der Waals surface area contributed by atoms with Crippen molar-refractivity contribution in [1.82, 2.24) is 20.4 Å². The van der Waals surface area contributed by atoms with Gasteiger partial charge < -0.3 is 10.3 Å². The van der Waals surface area contributed by atoms with Gasteiger partial charge in [0.15, 0.2) is 0 Å². The molecule has 1 saturated heterocycles. The number of hydrogen-bond acceptors (Lipinski definition) is 6. The van der Waals surface area contributed by atoms with Gasteiger partial charge in [-0.05, 0) is 19.4 Å². The first-order valence-electron chi connectivity index (χ1n) is 8.36. The number of nitrogens with zero attached hydrogens (tertiary/aromatic N) is 3. The zero-order valence-corrected chi connectivity index (χ0v) is 13.9. The Hall–Kier alpha value is -2.74. The van der Waals surface area contributed by atoms with Gasteiger partial charge in [0.1, 0.15) is 0 Å². The van der Waals surface area contributed by atoms with E-state index in [-0.39, 0.29) is 18.4 Å². The summed E-state index contributed by atoms with van der Waals surface area (Å²) in [7, 11) is 0. The lowest BCUT2D eigenvalue weighted by atomic mass is 10.0. The van der Waals surface area contributed by atoms with Crippen LogP contribution in [0.5, 0.6) is 0 Å². The van der Waals surface area contributed by atoms with Crippen molar-refractivity contribution in [2.24, 2.45) is 5.73 Å². The SMILES string of the molecule is NC(=O)NC(=O)CCN1CCCCC1c1nc(-c2ccccc2)no1. The van der Waals surface area contributed by atoms with Gasteiger partial charge in [-0.3, -0.25) is 15.0 Å². The second kappa shape index (κ2) is 7.89. The van der Waals surface area contributed by atoms with Crippen LogP contribution in [0.2, 0.25) is 0 Å². The van der Waals surface area contributed by atoms with Gasteiger partial charge in [0, 0.05) is 18.5 Å². The van der Waals surface area contributed by atoms with Crippen molar-refractivity contribution in [1.29, 1.82) is 0 Å². The number of nitrogens with two attached hydrogens (primary N) is 1. The fourth-order valence-electron chi connectivity index (χ4n) is 3.06. The smallest absolute Gasteiger partial charge is 0.318 e. The molecule has 0 radical (unpaired) electrons. The van der Waals surface area contributed by atoms with Gasteiger partial charge in [0.05, 0.1) is 6.04 Å². The summed E-state index contributed by atoms with van der Waals surface area (Å²) >= 11 is 0. The molecule has 0 spiro atoms. The van der Waals surface area contributed by atoms with Crippen molar-refractivity contribution < 1.29 is 14.1 Å². The molecule has 3 N–H and O–H groups in total. The van der Waals surface area contributed by atoms with Crippen LogP contribution in [0.3, 0.4) is 0 Å². The molecule has 0 aliphatic carbocycles. The number of carbonyl (C=O) groups is 2. The molecule has 2 aromatic rings. The maximum absolute atomic E-state index is 11.6. The third kappa shape index (κ3) is 4.42. The van der Waals surface area contributed by atoms with Crippen LogP contribution < -0.4 is 11.1 Å². The molecule has 1 aromatic heterocycles. The Morgan fingerprint density at radius 2 is 2.08 bits per heavy atom. The van der Waals surface area contributed by atoms with Gasteiger partial charge in [-0.2, -0.15) is 4.98 Å². The molecule has 0 bridgehead atoms. The maximum Gasteiger partial charge on any atom is 0.318 e. The van der Waals surface area contributed by atoms with Crippen molar-refractivity contribution in [2.45, 2.75) is 31.7 Å². The number of piperidine rings is 1. The summed E-state index contributed by atoms with van der Waals surface area (Å²) in [6.07, 6.45) is 3.21. The summed E-state index contributed by atoms with van der Waals surface area (Å²) in [5.74, 6) is 0.744. The lowest BCUT2D eigenvalue weighted by Gasteiger charge is -2.33. The molecule has 1 aliphatic heterocycles. The molecule has 1 unspecified atom stereocenters. The van der Waals surface area contributed by atoms with Gasteiger partial charge in [0.25, 0.3) is 0 Å². The predicted octanol–water partition coefficient (Wildman–Crippen LogP) is 1.85. The Morgan fingerprint density at radius 3 is 2.84 bits per heavy atom. The minimum atomic E-state index is -0.829. The number of carbonyl (C=O) groups excluding carboxylic acids is 2. The highest BCUT2D eigenvalue weighted by Gasteiger charge is 2.29. The van der Waals surface area contributed by atoms with E-state index >= 15 is 0 Å². The average molecular weight is 343 g/mol. The summed E-state index contributed by atoms with van der Waals surface area (Å²) in [6, 6.07) is 8.81. The third-order valence-corrected chi connectivity index (χ3v) is 4.26. The first-order chi connectivity index (χ1) is 12.1. The maximum atomic E-state index is 11.6. The molecule has 8 heteroatoms. The standard InChI is InChI=1S/C17H21N5O3/c18-17(24)19-14(23)9-11-22-10-5-4-8-13(22)16-20-15(21-25-16)12-6-2-1-3-7-12/h1-3,6-7,13H,4-5,8-11H2,(H3,18,19,23,24). The fourth-order valence-corrected chi connectivity index (χ4v) is 3.06. The highest BCUT2D eigenvalue weighted by molar-refractivity contribution is 5.93. The van der Waals surface area contributed by atoms with Gasteiger partial charge in [0.2, 0.25) is 17.6 Å². The number of amides is 3. The lowest BCUT2D eigenvalue weighted by molar-refractivity contribution is -0.120. The number of primary amides is 1. The Bertz CT molecular complexity index is 731. The number of imide groups is 1. The first-order valence-corrected chi connectivity index (χ1v) is 8.36. The van der Waals surface area contributed by atoms with E-state index in [1.54, 1.807) is 0 Å². The van der Waals surface area contributed by atoms with E-state index in [1.165, 1.54) is 0 Å². The molecular weight excluding hydrogens is 322 g/mol. The largest absolute Gasteiger partial charge is 0.351 e. The molecule has 1 atom stereocenters. The van der Waals surface area contributed by atoms with Crippen LogP contribution in [0.1, 0.15) is 37.6 Å². The van der Waals surface area contributed by atoms with Gasteiger partial charge in [-0.1, -0.05) is 41.9 Å². The number of benzene rings is 1. The van der Waals surface area contributed by atoms with E-state index in [9.17, 15) is 9.59 Å². The normalized spacial score (nSPS) is 18.0. The zero-order valence-electron chi connectivity index (χ0n) is 13.9. The van der Waals surface area contributed by atoms with E-state index in [4.69, 9.17) is 10.3 Å². The van der Waals surface area contributed by atoms with Gasteiger partial charge >= 0.3 is 6.03 Å². The zero-order chi connectivity index (χ0) is 17.6. The number of hydrogen-bond donors (Lipinski definition) is 2. The summed E-state index contributed by atoms with van der Waals surface area (Å²) in [5.41, 5.74) is 5.86. The summed E-state index contributed by atoms with van der Waals surface area (Å²) in [4.78, 5) is 29.0. The number of aromatic nitrogens is 2. The van der Waals surface area contributed by atoms with E-state index in [1.807, 2.05) is 30.3 Å². The topological polar surface area (TPSA) is 114 Å². The van der Waals surface area contributed by atoms with Crippen molar-refractivity contribution in [3.05, 3.63) is 36.2 Å². The summed E-state index contributed by atoms with van der Waals surface area (Å²) in [5, 5.41) is 6.16. The predicted molar refractivity (Wildman–Crippen MR) is 90.2 cm³/mol. The monoisotopic (exact) mass is 343 g/mol. The van der Waals surface area contributed by atoms with Crippen LogP contribution in [-0.4, -0.2) is 40.1 Å².